The Hall–Kier alpha value is -2.87. The van der Waals surface area contributed by atoms with Crippen molar-refractivity contribution in [2.45, 2.75) is 0 Å². The Morgan fingerprint density at radius 1 is 0.714 bits per heavy atom. The molecule has 0 radical (unpaired) electrons. The average Bonchev–Trinajstić information content (AvgIpc) is 2.54. The average molecular weight is 270 g/mol. The molecule has 0 aliphatic heterocycles. The molecular weight excluding hydrogens is 256 g/mol. The first-order valence-corrected chi connectivity index (χ1v) is 6.96. The molecule has 1 aromatic heterocycles. The van der Waals surface area contributed by atoms with Gasteiger partial charge in [0, 0.05) is 22.0 Å². The summed E-state index contributed by atoms with van der Waals surface area (Å²) < 4.78 is 0. The third-order valence-electron chi connectivity index (χ3n) is 3.79. The minimum absolute atomic E-state index is 0.783. The van der Waals surface area contributed by atoms with E-state index in [-0.39, 0.29) is 0 Å². The monoisotopic (exact) mass is 270 g/mol. The number of nitrogens with zero attached hydrogens (tertiary/aromatic N) is 1. The maximum absolute atomic E-state index is 6.23. The van der Waals surface area contributed by atoms with Gasteiger partial charge in [-0.3, -0.25) is 0 Å². The molecule has 2 N–H and O–H groups in total. The summed E-state index contributed by atoms with van der Waals surface area (Å²) >= 11 is 0. The van der Waals surface area contributed by atoms with Crippen LogP contribution in [0.1, 0.15) is 0 Å². The Kier molecular flexibility index (Phi) is 2.61. The zero-order valence-corrected chi connectivity index (χ0v) is 11.5. The van der Waals surface area contributed by atoms with Gasteiger partial charge in [0.15, 0.2) is 0 Å². The van der Waals surface area contributed by atoms with Crippen molar-refractivity contribution in [2.24, 2.45) is 0 Å². The predicted molar refractivity (Wildman–Crippen MR) is 89.1 cm³/mol. The Balaban J connectivity index is 2.14. The number of para-hydroxylation sites is 1. The van der Waals surface area contributed by atoms with E-state index >= 15 is 0 Å². The van der Waals surface area contributed by atoms with E-state index < -0.39 is 0 Å². The second kappa shape index (κ2) is 4.60. The van der Waals surface area contributed by atoms with E-state index in [2.05, 4.69) is 24.3 Å². The first kappa shape index (κ1) is 11.9. The maximum atomic E-state index is 6.23. The number of nitrogen functional groups attached to an aromatic ring is 1. The fourth-order valence-electron chi connectivity index (χ4n) is 2.79. The van der Waals surface area contributed by atoms with Crippen LogP contribution in [-0.4, -0.2) is 4.98 Å². The summed E-state index contributed by atoms with van der Waals surface area (Å²) in [5, 5.41) is 2.23. The first-order chi connectivity index (χ1) is 10.3. The van der Waals surface area contributed by atoms with E-state index in [9.17, 15) is 0 Å². The summed E-state index contributed by atoms with van der Waals surface area (Å²) in [5.41, 5.74) is 11.2. The van der Waals surface area contributed by atoms with Crippen molar-refractivity contribution in [1.29, 1.82) is 0 Å². The summed E-state index contributed by atoms with van der Waals surface area (Å²) in [6.07, 6.45) is 0. The summed E-state index contributed by atoms with van der Waals surface area (Å²) in [4.78, 5) is 4.75. The number of rotatable bonds is 1. The Bertz CT molecular complexity index is 943. The van der Waals surface area contributed by atoms with Gasteiger partial charge in [-0.2, -0.15) is 0 Å². The van der Waals surface area contributed by atoms with Crippen LogP contribution in [0, 0.1) is 0 Å². The highest BCUT2D eigenvalue weighted by atomic mass is 14.7. The fraction of sp³-hybridized carbons (Fsp3) is 0. The van der Waals surface area contributed by atoms with E-state index in [0.29, 0.717) is 0 Å². The van der Waals surface area contributed by atoms with Crippen molar-refractivity contribution in [3.63, 3.8) is 0 Å². The third kappa shape index (κ3) is 1.93. The van der Waals surface area contributed by atoms with Crippen LogP contribution >= 0.6 is 0 Å². The van der Waals surface area contributed by atoms with Crippen LogP contribution in [0.15, 0.2) is 72.8 Å². The molecule has 0 amide bonds. The molecule has 0 fully saturated rings. The lowest BCUT2D eigenvalue weighted by Crippen LogP contribution is -1.93. The number of anilines is 1. The number of benzene rings is 3. The largest absolute Gasteiger partial charge is 0.398 e. The van der Waals surface area contributed by atoms with Gasteiger partial charge in [0.2, 0.25) is 0 Å². The zero-order chi connectivity index (χ0) is 14.2. The van der Waals surface area contributed by atoms with Crippen molar-refractivity contribution in [2.75, 3.05) is 5.73 Å². The second-order valence-electron chi connectivity index (χ2n) is 5.14. The second-order valence-corrected chi connectivity index (χ2v) is 5.14. The molecule has 0 saturated heterocycles. The Morgan fingerprint density at radius 2 is 1.48 bits per heavy atom. The SMILES string of the molecule is Nc1ccc2nc3ccccc3cc2c1-c1ccccc1. The van der Waals surface area contributed by atoms with Gasteiger partial charge in [0.1, 0.15) is 0 Å². The Morgan fingerprint density at radius 3 is 2.33 bits per heavy atom. The van der Waals surface area contributed by atoms with Crippen molar-refractivity contribution in [3.05, 3.63) is 72.8 Å². The molecule has 0 aliphatic rings. The van der Waals surface area contributed by atoms with Crippen molar-refractivity contribution in [3.8, 4) is 11.1 Å². The van der Waals surface area contributed by atoms with Gasteiger partial charge in [0.05, 0.1) is 11.0 Å². The highest BCUT2D eigenvalue weighted by molar-refractivity contribution is 6.05. The maximum Gasteiger partial charge on any atom is 0.0717 e. The van der Waals surface area contributed by atoms with E-state index in [1.807, 2.05) is 48.5 Å². The summed E-state index contributed by atoms with van der Waals surface area (Å²) in [5.74, 6) is 0. The number of aromatic nitrogens is 1. The van der Waals surface area contributed by atoms with Crippen LogP contribution in [0.4, 0.5) is 5.69 Å². The van der Waals surface area contributed by atoms with E-state index in [1.165, 1.54) is 0 Å². The van der Waals surface area contributed by atoms with E-state index in [1.54, 1.807) is 0 Å². The normalized spacial score (nSPS) is 11.0. The number of hydrogen-bond acceptors (Lipinski definition) is 2. The van der Waals surface area contributed by atoms with Crippen LogP contribution in [0.3, 0.4) is 0 Å². The van der Waals surface area contributed by atoms with Gasteiger partial charge in [-0.25, -0.2) is 4.98 Å². The zero-order valence-electron chi connectivity index (χ0n) is 11.5. The lowest BCUT2D eigenvalue weighted by atomic mass is 9.97. The highest BCUT2D eigenvalue weighted by Crippen LogP contribution is 2.34. The predicted octanol–water partition coefficient (Wildman–Crippen LogP) is 4.64. The van der Waals surface area contributed by atoms with Crippen molar-refractivity contribution >= 4 is 27.5 Å². The van der Waals surface area contributed by atoms with Gasteiger partial charge in [-0.1, -0.05) is 48.5 Å². The highest BCUT2D eigenvalue weighted by Gasteiger charge is 2.09. The molecule has 3 aromatic carbocycles. The summed E-state index contributed by atoms with van der Waals surface area (Å²) in [7, 11) is 0. The quantitative estimate of drug-likeness (QED) is 0.404. The van der Waals surface area contributed by atoms with Gasteiger partial charge in [0.25, 0.3) is 0 Å². The van der Waals surface area contributed by atoms with Crippen molar-refractivity contribution in [1.82, 2.24) is 4.98 Å². The number of pyridine rings is 1. The molecule has 0 spiro atoms. The smallest absolute Gasteiger partial charge is 0.0717 e. The van der Waals surface area contributed by atoms with Crippen LogP contribution in [0.5, 0.6) is 0 Å². The molecule has 100 valence electrons. The lowest BCUT2D eigenvalue weighted by Gasteiger charge is -2.11. The molecule has 0 saturated carbocycles. The molecular formula is C19H14N2. The van der Waals surface area contributed by atoms with Crippen molar-refractivity contribution < 1.29 is 0 Å². The minimum Gasteiger partial charge on any atom is -0.398 e. The molecule has 0 unspecified atom stereocenters. The summed E-state index contributed by atoms with van der Waals surface area (Å²) in [6, 6.07) is 24.5. The van der Waals surface area contributed by atoms with Gasteiger partial charge < -0.3 is 5.73 Å². The first-order valence-electron chi connectivity index (χ1n) is 6.96. The van der Waals surface area contributed by atoms with Crippen LogP contribution in [-0.2, 0) is 0 Å². The molecule has 2 nitrogen and oxygen atoms in total. The molecule has 21 heavy (non-hydrogen) atoms. The molecule has 0 bridgehead atoms. The van der Waals surface area contributed by atoms with Crippen LogP contribution in [0.2, 0.25) is 0 Å². The Labute approximate surface area is 122 Å². The lowest BCUT2D eigenvalue weighted by molar-refractivity contribution is 1.49. The molecule has 0 atom stereocenters. The minimum atomic E-state index is 0.783. The fourth-order valence-corrected chi connectivity index (χ4v) is 2.79. The third-order valence-corrected chi connectivity index (χ3v) is 3.79. The van der Waals surface area contributed by atoms with E-state index in [0.717, 1.165) is 38.6 Å². The van der Waals surface area contributed by atoms with Crippen LogP contribution < -0.4 is 5.73 Å². The molecule has 0 aliphatic carbocycles. The van der Waals surface area contributed by atoms with E-state index in [4.69, 9.17) is 10.7 Å². The number of hydrogen-bond donors (Lipinski definition) is 1. The van der Waals surface area contributed by atoms with Gasteiger partial charge in [-0.05, 0) is 29.8 Å². The van der Waals surface area contributed by atoms with Gasteiger partial charge >= 0.3 is 0 Å². The standard InChI is InChI=1S/C19H14N2/c20-16-10-11-18-15(19(16)13-6-2-1-3-7-13)12-14-8-4-5-9-17(14)21-18/h1-12H,20H2. The number of fused-ring (bicyclic) bond motifs is 2. The number of nitrogens with two attached hydrogens (primary N) is 1. The molecule has 4 aromatic rings. The molecule has 2 heteroatoms. The summed E-state index contributed by atoms with van der Waals surface area (Å²) in [6.45, 7) is 0. The topological polar surface area (TPSA) is 38.9 Å². The van der Waals surface area contributed by atoms with Gasteiger partial charge in [-0.15, -0.1) is 0 Å². The van der Waals surface area contributed by atoms with Crippen LogP contribution in [0.25, 0.3) is 32.9 Å². The molecule has 4 rings (SSSR count). The molecule has 1 heterocycles.